The van der Waals surface area contributed by atoms with Crippen molar-refractivity contribution in [3.8, 4) is 11.1 Å². The van der Waals surface area contributed by atoms with Gasteiger partial charge in [-0.25, -0.2) is 0 Å². The Morgan fingerprint density at radius 2 is 1.46 bits per heavy atom. The van der Waals surface area contributed by atoms with E-state index in [9.17, 15) is 0 Å². The van der Waals surface area contributed by atoms with Gasteiger partial charge in [0, 0.05) is 21.9 Å². The van der Waals surface area contributed by atoms with E-state index >= 15 is 0 Å². The van der Waals surface area contributed by atoms with Crippen molar-refractivity contribution in [3.05, 3.63) is 83.9 Å². The van der Waals surface area contributed by atoms with Gasteiger partial charge in [0.2, 0.25) is 0 Å². The second-order valence-corrected chi connectivity index (χ2v) is 6.42. The molecule has 1 nitrogen and oxygen atoms in total. The molecule has 0 bridgehead atoms. The van der Waals surface area contributed by atoms with E-state index in [0.717, 1.165) is 33.1 Å². The Morgan fingerprint density at radius 3 is 2.38 bits per heavy atom. The van der Waals surface area contributed by atoms with Crippen LogP contribution in [0, 0.1) is 0 Å². The third kappa shape index (κ3) is 2.02. The van der Waals surface area contributed by atoms with Gasteiger partial charge in [-0.2, -0.15) is 0 Å². The molecule has 0 fully saturated rings. The second kappa shape index (κ2) is 5.12. The number of hydrogen-bond donors (Lipinski definition) is 0. The van der Waals surface area contributed by atoms with E-state index in [-0.39, 0.29) is 0 Å². The molecule has 0 saturated carbocycles. The van der Waals surface area contributed by atoms with E-state index in [2.05, 4.69) is 48.5 Å². The van der Waals surface area contributed by atoms with Crippen molar-refractivity contribution in [2.24, 2.45) is 0 Å². The maximum Gasteiger partial charge on any atom is 0.137 e. The molecule has 0 amide bonds. The van der Waals surface area contributed by atoms with Gasteiger partial charge in [0.1, 0.15) is 11.2 Å². The largest absolute Gasteiger partial charge is 0.456 e. The molecule has 24 heavy (non-hydrogen) atoms. The Balaban J connectivity index is 1.90. The first kappa shape index (κ1) is 13.6. The van der Waals surface area contributed by atoms with Gasteiger partial charge in [-0.1, -0.05) is 66.2 Å². The Kier molecular flexibility index (Phi) is 2.91. The summed E-state index contributed by atoms with van der Waals surface area (Å²) in [6.07, 6.45) is 0. The maximum absolute atomic E-state index is 6.36. The summed E-state index contributed by atoms with van der Waals surface area (Å²) in [4.78, 5) is 0. The molecule has 0 aliphatic carbocycles. The van der Waals surface area contributed by atoms with Crippen LogP contribution in [-0.4, -0.2) is 0 Å². The molecule has 2 heteroatoms. The molecule has 0 saturated heterocycles. The van der Waals surface area contributed by atoms with Crippen molar-refractivity contribution in [2.45, 2.75) is 0 Å². The van der Waals surface area contributed by atoms with Crippen LogP contribution in [0.3, 0.4) is 0 Å². The third-order valence-electron chi connectivity index (χ3n) is 4.50. The first-order valence-corrected chi connectivity index (χ1v) is 8.27. The molecule has 0 radical (unpaired) electrons. The Morgan fingerprint density at radius 1 is 0.667 bits per heavy atom. The van der Waals surface area contributed by atoms with Crippen LogP contribution in [0.25, 0.3) is 43.8 Å². The number of fused-ring (bicyclic) bond motifs is 4. The highest BCUT2D eigenvalue weighted by Gasteiger charge is 2.13. The lowest BCUT2D eigenvalue weighted by Gasteiger charge is -2.07. The van der Waals surface area contributed by atoms with E-state index in [1.165, 1.54) is 10.8 Å². The molecule has 0 unspecified atom stereocenters. The smallest absolute Gasteiger partial charge is 0.137 e. The second-order valence-electron chi connectivity index (χ2n) is 5.99. The molecule has 1 heterocycles. The van der Waals surface area contributed by atoms with Gasteiger partial charge >= 0.3 is 0 Å². The van der Waals surface area contributed by atoms with Crippen molar-refractivity contribution < 1.29 is 4.42 Å². The number of rotatable bonds is 1. The average Bonchev–Trinajstić information content (AvgIpc) is 2.98. The van der Waals surface area contributed by atoms with Crippen molar-refractivity contribution in [1.29, 1.82) is 0 Å². The molecule has 0 aliphatic rings. The molecule has 5 rings (SSSR count). The van der Waals surface area contributed by atoms with Crippen LogP contribution in [0.2, 0.25) is 5.02 Å². The molecule has 114 valence electrons. The van der Waals surface area contributed by atoms with Crippen molar-refractivity contribution in [3.63, 3.8) is 0 Å². The summed E-state index contributed by atoms with van der Waals surface area (Å²) in [5, 5.41) is 5.37. The minimum Gasteiger partial charge on any atom is -0.456 e. The summed E-state index contributed by atoms with van der Waals surface area (Å²) in [5.74, 6) is 0. The Bertz CT molecular complexity index is 1220. The molecule has 0 N–H and O–H groups in total. The normalized spacial score (nSPS) is 11.5. The van der Waals surface area contributed by atoms with Crippen molar-refractivity contribution in [2.75, 3.05) is 0 Å². The highest BCUT2D eigenvalue weighted by atomic mass is 35.5. The van der Waals surface area contributed by atoms with Crippen LogP contribution in [0.5, 0.6) is 0 Å². The van der Waals surface area contributed by atoms with Crippen LogP contribution in [0.1, 0.15) is 0 Å². The van der Waals surface area contributed by atoms with E-state index in [1.54, 1.807) is 0 Å². The molecule has 0 spiro atoms. The SMILES string of the molecule is Clc1cc(-c2ccc3ccccc3c2)c2c(c1)oc1ccccc12. The van der Waals surface area contributed by atoms with E-state index in [1.807, 2.05) is 30.3 Å². The van der Waals surface area contributed by atoms with Gasteiger partial charge in [0.05, 0.1) is 0 Å². The van der Waals surface area contributed by atoms with Gasteiger partial charge in [-0.3, -0.25) is 0 Å². The lowest BCUT2D eigenvalue weighted by Crippen LogP contribution is -1.81. The van der Waals surface area contributed by atoms with Gasteiger partial charge in [-0.15, -0.1) is 0 Å². The zero-order valence-electron chi connectivity index (χ0n) is 12.8. The summed E-state index contributed by atoms with van der Waals surface area (Å²) in [6.45, 7) is 0. The first-order chi connectivity index (χ1) is 11.8. The lowest BCUT2D eigenvalue weighted by atomic mass is 9.97. The fourth-order valence-corrected chi connectivity index (χ4v) is 3.61. The van der Waals surface area contributed by atoms with Crippen LogP contribution in [-0.2, 0) is 0 Å². The summed E-state index contributed by atoms with van der Waals surface area (Å²) in [7, 11) is 0. The van der Waals surface area contributed by atoms with Crippen LogP contribution in [0.15, 0.2) is 83.3 Å². The van der Waals surface area contributed by atoms with Crippen LogP contribution in [0.4, 0.5) is 0 Å². The van der Waals surface area contributed by atoms with E-state index in [0.29, 0.717) is 5.02 Å². The quantitative estimate of drug-likeness (QED) is 0.321. The summed E-state index contributed by atoms with van der Waals surface area (Å²) in [5.41, 5.74) is 3.96. The van der Waals surface area contributed by atoms with Gasteiger partial charge < -0.3 is 4.42 Å². The Labute approximate surface area is 144 Å². The number of benzene rings is 4. The number of furan rings is 1. The lowest BCUT2D eigenvalue weighted by molar-refractivity contribution is 0.669. The highest BCUT2D eigenvalue weighted by molar-refractivity contribution is 6.32. The predicted molar refractivity (Wildman–Crippen MR) is 102 cm³/mol. The highest BCUT2D eigenvalue weighted by Crippen LogP contribution is 2.39. The van der Waals surface area contributed by atoms with Crippen molar-refractivity contribution in [1.82, 2.24) is 0 Å². The minimum atomic E-state index is 0.685. The molecule has 4 aromatic carbocycles. The standard InChI is InChI=1S/C22H13ClO/c23-17-12-19(16-10-9-14-5-1-2-6-15(14)11-16)22-18-7-3-4-8-20(18)24-21(22)13-17/h1-13H. The summed E-state index contributed by atoms with van der Waals surface area (Å²) < 4.78 is 6.00. The third-order valence-corrected chi connectivity index (χ3v) is 4.72. The fraction of sp³-hybridized carbons (Fsp3) is 0. The first-order valence-electron chi connectivity index (χ1n) is 7.89. The van der Waals surface area contributed by atoms with Gasteiger partial charge in [0.15, 0.2) is 0 Å². The molecular weight excluding hydrogens is 316 g/mol. The molecular formula is C22H13ClO. The summed E-state index contributed by atoms with van der Waals surface area (Å²) >= 11 is 6.36. The zero-order chi connectivity index (χ0) is 16.1. The maximum atomic E-state index is 6.36. The number of para-hydroxylation sites is 1. The van der Waals surface area contributed by atoms with E-state index < -0.39 is 0 Å². The topological polar surface area (TPSA) is 13.1 Å². The average molecular weight is 329 g/mol. The summed E-state index contributed by atoms with van der Waals surface area (Å²) in [6, 6.07) is 26.9. The minimum absolute atomic E-state index is 0.685. The molecule has 0 atom stereocenters. The molecule has 5 aromatic rings. The number of halogens is 1. The predicted octanol–water partition coefficient (Wildman–Crippen LogP) is 7.06. The van der Waals surface area contributed by atoms with Crippen molar-refractivity contribution >= 4 is 44.3 Å². The van der Waals surface area contributed by atoms with Crippen LogP contribution < -0.4 is 0 Å². The van der Waals surface area contributed by atoms with E-state index in [4.69, 9.17) is 16.0 Å². The molecule has 1 aromatic heterocycles. The Hall–Kier alpha value is -2.77. The molecule has 0 aliphatic heterocycles. The van der Waals surface area contributed by atoms with Gasteiger partial charge in [-0.05, 0) is 40.1 Å². The monoisotopic (exact) mass is 328 g/mol. The number of hydrogen-bond acceptors (Lipinski definition) is 1. The zero-order valence-corrected chi connectivity index (χ0v) is 13.5. The van der Waals surface area contributed by atoms with Gasteiger partial charge in [0.25, 0.3) is 0 Å². The van der Waals surface area contributed by atoms with Crippen LogP contribution >= 0.6 is 11.6 Å². The fourth-order valence-electron chi connectivity index (χ4n) is 3.41.